The van der Waals surface area contributed by atoms with Crippen molar-refractivity contribution < 1.29 is 4.79 Å². The fraction of sp³-hybridized carbons (Fsp3) is 0.636. The molecule has 1 saturated heterocycles. The Morgan fingerprint density at radius 2 is 2.00 bits per heavy atom. The van der Waals surface area contributed by atoms with E-state index in [4.69, 9.17) is 0 Å². The monoisotopic (exact) mass is 368 g/mol. The van der Waals surface area contributed by atoms with Gasteiger partial charge in [-0.3, -0.25) is 9.79 Å². The van der Waals surface area contributed by atoms with Crippen molar-refractivity contribution in [1.29, 1.82) is 0 Å². The molecule has 3 aliphatic rings. The summed E-state index contributed by atoms with van der Waals surface area (Å²) in [5.74, 6) is 2.49. The van der Waals surface area contributed by atoms with Gasteiger partial charge in [-0.05, 0) is 49.0 Å². The van der Waals surface area contributed by atoms with Crippen LogP contribution in [0.3, 0.4) is 0 Å². The molecule has 1 atom stereocenters. The van der Waals surface area contributed by atoms with Gasteiger partial charge < -0.3 is 15.5 Å². The molecular weight excluding hydrogens is 336 g/mol. The Kier molecular flexibility index (Phi) is 5.37. The summed E-state index contributed by atoms with van der Waals surface area (Å²) in [5, 5.41) is 6.97. The van der Waals surface area contributed by atoms with Gasteiger partial charge in [-0.2, -0.15) is 0 Å². The number of rotatable bonds is 8. The van der Waals surface area contributed by atoms with Crippen LogP contribution in [-0.4, -0.2) is 50.0 Å². The quantitative estimate of drug-likeness (QED) is 0.547. The number of nitrogens with zero attached hydrogens (tertiary/aromatic N) is 2. The van der Waals surface area contributed by atoms with Gasteiger partial charge in [0.2, 0.25) is 5.91 Å². The normalized spacial score (nSPS) is 24.2. The highest BCUT2D eigenvalue weighted by Crippen LogP contribution is 2.60. The van der Waals surface area contributed by atoms with E-state index in [1.165, 1.54) is 31.2 Å². The van der Waals surface area contributed by atoms with Gasteiger partial charge in [0.05, 0.1) is 0 Å². The van der Waals surface area contributed by atoms with Gasteiger partial charge in [0.25, 0.3) is 0 Å². The number of guanidine groups is 1. The Morgan fingerprint density at radius 1 is 1.22 bits per heavy atom. The van der Waals surface area contributed by atoms with E-state index in [1.807, 2.05) is 18.0 Å². The zero-order chi connectivity index (χ0) is 18.7. The summed E-state index contributed by atoms with van der Waals surface area (Å²) in [6.07, 6.45) is 7.14. The molecule has 0 spiro atoms. The molecule has 5 heteroatoms. The molecule has 1 aliphatic heterocycles. The van der Waals surface area contributed by atoms with Crippen molar-refractivity contribution in [3.8, 4) is 0 Å². The van der Waals surface area contributed by atoms with E-state index in [9.17, 15) is 4.79 Å². The van der Waals surface area contributed by atoms with E-state index in [0.717, 1.165) is 44.5 Å². The van der Waals surface area contributed by atoms with Gasteiger partial charge in [0.1, 0.15) is 0 Å². The molecular formula is C22H32N4O. The van der Waals surface area contributed by atoms with Crippen molar-refractivity contribution in [1.82, 2.24) is 15.5 Å². The largest absolute Gasteiger partial charge is 0.356 e. The lowest BCUT2D eigenvalue weighted by Crippen LogP contribution is -2.42. The van der Waals surface area contributed by atoms with Crippen molar-refractivity contribution in [2.45, 2.75) is 38.5 Å². The number of nitrogens with one attached hydrogen (secondary N) is 2. The average Bonchev–Trinajstić information content (AvgIpc) is 3.59. The van der Waals surface area contributed by atoms with Crippen LogP contribution in [-0.2, 0) is 11.2 Å². The Labute approximate surface area is 162 Å². The lowest BCUT2D eigenvalue weighted by molar-refractivity contribution is -0.127. The predicted molar refractivity (Wildman–Crippen MR) is 109 cm³/mol. The zero-order valence-corrected chi connectivity index (χ0v) is 16.4. The lowest BCUT2D eigenvalue weighted by Gasteiger charge is -2.20. The Bertz CT molecular complexity index is 679. The van der Waals surface area contributed by atoms with Gasteiger partial charge in [-0.1, -0.05) is 30.3 Å². The maximum atomic E-state index is 12.3. The summed E-state index contributed by atoms with van der Waals surface area (Å²) in [5.41, 5.74) is 1.86. The fourth-order valence-electron chi connectivity index (χ4n) is 4.42. The summed E-state index contributed by atoms with van der Waals surface area (Å²) in [6, 6.07) is 10.4. The lowest BCUT2D eigenvalue weighted by atomic mass is 10.0. The molecule has 146 valence electrons. The van der Waals surface area contributed by atoms with Crippen molar-refractivity contribution in [3.05, 3.63) is 35.9 Å². The number of benzene rings is 1. The molecule has 2 N–H and O–H groups in total. The van der Waals surface area contributed by atoms with E-state index in [1.54, 1.807) is 0 Å². The number of likely N-dealkylation sites (tertiary alicyclic amines) is 1. The maximum Gasteiger partial charge on any atom is 0.223 e. The first-order valence-electron chi connectivity index (χ1n) is 10.4. The van der Waals surface area contributed by atoms with Gasteiger partial charge in [-0.15, -0.1) is 0 Å². The van der Waals surface area contributed by atoms with Gasteiger partial charge >= 0.3 is 0 Å². The van der Waals surface area contributed by atoms with Crippen LogP contribution < -0.4 is 10.6 Å². The molecule has 1 aromatic carbocycles. The SMILES string of the molecule is CN=C(NCC1CC(=O)N(CCc2ccccc2)C1)NCC1(C2CC2)CC1. The number of hydrogen-bond acceptors (Lipinski definition) is 2. The molecule has 4 rings (SSSR count). The Balaban J connectivity index is 1.18. The van der Waals surface area contributed by atoms with Crippen molar-refractivity contribution in [3.63, 3.8) is 0 Å². The molecule has 0 bridgehead atoms. The molecule has 1 amide bonds. The number of carbonyl (C=O) groups excluding carboxylic acids is 1. The van der Waals surface area contributed by atoms with E-state index >= 15 is 0 Å². The molecule has 0 aromatic heterocycles. The molecule has 3 fully saturated rings. The van der Waals surface area contributed by atoms with Gasteiger partial charge in [0.15, 0.2) is 5.96 Å². The van der Waals surface area contributed by atoms with Crippen LogP contribution >= 0.6 is 0 Å². The fourth-order valence-corrected chi connectivity index (χ4v) is 4.42. The first kappa shape index (κ1) is 18.3. The van der Waals surface area contributed by atoms with Crippen LogP contribution in [0.5, 0.6) is 0 Å². The molecule has 1 heterocycles. The second-order valence-electron chi connectivity index (χ2n) is 8.59. The minimum atomic E-state index is 0.284. The third-order valence-electron chi connectivity index (χ3n) is 6.53. The van der Waals surface area contributed by atoms with Gasteiger partial charge in [-0.25, -0.2) is 0 Å². The third kappa shape index (κ3) is 4.63. The Hall–Kier alpha value is -2.04. The van der Waals surface area contributed by atoms with E-state index in [-0.39, 0.29) is 5.91 Å². The predicted octanol–water partition coefficient (Wildman–Crippen LogP) is 2.43. The van der Waals surface area contributed by atoms with Crippen LogP contribution in [0.2, 0.25) is 0 Å². The highest BCUT2D eigenvalue weighted by molar-refractivity contribution is 5.81. The summed E-state index contributed by atoms with van der Waals surface area (Å²) in [4.78, 5) is 18.7. The average molecular weight is 369 g/mol. The van der Waals surface area contributed by atoms with Crippen molar-refractivity contribution in [2.24, 2.45) is 22.2 Å². The minimum absolute atomic E-state index is 0.284. The molecule has 2 aliphatic carbocycles. The second-order valence-corrected chi connectivity index (χ2v) is 8.59. The minimum Gasteiger partial charge on any atom is -0.356 e. The van der Waals surface area contributed by atoms with Crippen LogP contribution in [0.15, 0.2) is 35.3 Å². The van der Waals surface area contributed by atoms with E-state index in [0.29, 0.717) is 17.8 Å². The first-order chi connectivity index (χ1) is 13.2. The zero-order valence-electron chi connectivity index (χ0n) is 16.4. The Morgan fingerprint density at radius 3 is 2.67 bits per heavy atom. The van der Waals surface area contributed by atoms with Crippen molar-refractivity contribution in [2.75, 3.05) is 33.2 Å². The number of aliphatic imine (C=N–C) groups is 1. The molecule has 0 radical (unpaired) electrons. The number of carbonyl (C=O) groups is 1. The second kappa shape index (κ2) is 7.91. The molecule has 5 nitrogen and oxygen atoms in total. The summed E-state index contributed by atoms with van der Waals surface area (Å²) >= 11 is 0. The van der Waals surface area contributed by atoms with Gasteiger partial charge in [0, 0.05) is 45.6 Å². The maximum absolute atomic E-state index is 12.3. The summed E-state index contributed by atoms with van der Waals surface area (Å²) < 4.78 is 0. The first-order valence-corrected chi connectivity index (χ1v) is 10.4. The summed E-state index contributed by atoms with van der Waals surface area (Å²) in [7, 11) is 1.83. The van der Waals surface area contributed by atoms with Crippen LogP contribution in [0.4, 0.5) is 0 Å². The topological polar surface area (TPSA) is 56.7 Å². The smallest absolute Gasteiger partial charge is 0.223 e. The van der Waals surface area contributed by atoms with E-state index in [2.05, 4.69) is 39.9 Å². The van der Waals surface area contributed by atoms with Crippen LogP contribution in [0.25, 0.3) is 0 Å². The number of hydrogen-bond donors (Lipinski definition) is 2. The number of amides is 1. The van der Waals surface area contributed by atoms with Crippen molar-refractivity contribution >= 4 is 11.9 Å². The van der Waals surface area contributed by atoms with Crippen LogP contribution in [0.1, 0.15) is 37.7 Å². The summed E-state index contributed by atoms with van der Waals surface area (Å²) in [6.45, 7) is 3.52. The molecule has 2 saturated carbocycles. The standard InChI is InChI=1S/C22H32N4O/c1-23-21(25-16-22(10-11-22)19-7-8-19)24-14-18-13-20(27)26(15-18)12-9-17-5-3-2-4-6-17/h2-6,18-19H,7-16H2,1H3,(H2,23,24,25). The molecule has 1 aromatic rings. The highest BCUT2D eigenvalue weighted by atomic mass is 16.2. The third-order valence-corrected chi connectivity index (χ3v) is 6.53. The molecule has 27 heavy (non-hydrogen) atoms. The van der Waals surface area contributed by atoms with Crippen LogP contribution in [0, 0.1) is 17.3 Å². The molecule has 1 unspecified atom stereocenters. The highest BCUT2D eigenvalue weighted by Gasteiger charge is 2.53. The van der Waals surface area contributed by atoms with E-state index < -0.39 is 0 Å².